The summed E-state index contributed by atoms with van der Waals surface area (Å²) >= 11 is 6.42. The van der Waals surface area contributed by atoms with Crippen LogP contribution in [0.1, 0.15) is 0 Å². The third-order valence-corrected chi connectivity index (χ3v) is 3.59. The molecule has 18 heavy (non-hydrogen) atoms. The standard InChI is InChI=1S/C10H15N5OS2/c1-14-3-5-15(6-4-14)13-9(17)8(16)12-10-11-2-7-18-10/h2,7H,3-6H2,1H3,(H,13,17)(H,11,12,16). The number of likely N-dealkylation sites (N-methyl/N-ethyl adjacent to an activating group) is 1. The summed E-state index contributed by atoms with van der Waals surface area (Å²) in [5.74, 6) is -0.320. The number of hydrogen-bond acceptors (Lipinski definition) is 6. The van der Waals surface area contributed by atoms with Crippen molar-refractivity contribution in [2.75, 3.05) is 38.5 Å². The molecule has 2 N–H and O–H groups in total. The van der Waals surface area contributed by atoms with Gasteiger partial charge in [-0.3, -0.25) is 10.1 Å². The number of nitrogens with one attached hydrogen (secondary N) is 2. The number of thiocarbonyl (C=S) groups is 1. The molecule has 98 valence electrons. The number of anilines is 1. The molecule has 0 radical (unpaired) electrons. The van der Waals surface area contributed by atoms with Crippen LogP contribution >= 0.6 is 23.6 Å². The highest BCUT2D eigenvalue weighted by Gasteiger charge is 2.17. The van der Waals surface area contributed by atoms with E-state index in [1.54, 1.807) is 11.6 Å². The number of nitrogens with zero attached hydrogens (tertiary/aromatic N) is 3. The maximum Gasteiger partial charge on any atom is 0.286 e. The molecule has 1 aliphatic heterocycles. The lowest BCUT2D eigenvalue weighted by Gasteiger charge is -2.32. The Bertz CT molecular complexity index is 414. The van der Waals surface area contributed by atoms with Crippen LogP contribution in [0.2, 0.25) is 0 Å². The molecular formula is C10H15N5OS2. The summed E-state index contributed by atoms with van der Waals surface area (Å²) in [6, 6.07) is 0. The van der Waals surface area contributed by atoms with Crippen molar-refractivity contribution in [1.82, 2.24) is 20.3 Å². The fourth-order valence-electron chi connectivity index (χ4n) is 1.55. The van der Waals surface area contributed by atoms with Crippen LogP contribution in [0, 0.1) is 0 Å². The summed E-state index contributed by atoms with van der Waals surface area (Å²) in [7, 11) is 2.07. The maximum absolute atomic E-state index is 11.8. The summed E-state index contributed by atoms with van der Waals surface area (Å²) in [6.45, 7) is 3.62. The van der Waals surface area contributed by atoms with E-state index in [2.05, 4.69) is 27.7 Å². The van der Waals surface area contributed by atoms with Crippen molar-refractivity contribution >= 4 is 39.6 Å². The van der Waals surface area contributed by atoms with E-state index >= 15 is 0 Å². The Morgan fingerprint density at radius 3 is 2.78 bits per heavy atom. The minimum absolute atomic E-state index is 0.176. The van der Waals surface area contributed by atoms with Crippen LogP contribution in [0.25, 0.3) is 0 Å². The van der Waals surface area contributed by atoms with Crippen LogP contribution in [0.3, 0.4) is 0 Å². The molecule has 0 bridgehead atoms. The molecule has 0 atom stereocenters. The van der Waals surface area contributed by atoms with Gasteiger partial charge in [-0.2, -0.15) is 0 Å². The second-order valence-electron chi connectivity index (χ2n) is 4.02. The molecule has 1 aromatic heterocycles. The van der Waals surface area contributed by atoms with Crippen molar-refractivity contribution < 1.29 is 4.79 Å². The van der Waals surface area contributed by atoms with E-state index in [0.29, 0.717) is 5.13 Å². The van der Waals surface area contributed by atoms with Gasteiger partial charge in [0.2, 0.25) is 0 Å². The first kappa shape index (κ1) is 13.3. The Hall–Kier alpha value is -1.09. The Morgan fingerprint density at radius 2 is 2.17 bits per heavy atom. The van der Waals surface area contributed by atoms with E-state index in [4.69, 9.17) is 12.2 Å². The highest BCUT2D eigenvalue weighted by atomic mass is 32.1. The first-order valence-electron chi connectivity index (χ1n) is 5.60. The minimum atomic E-state index is -0.320. The lowest BCUT2D eigenvalue weighted by atomic mass is 10.4. The van der Waals surface area contributed by atoms with Crippen LogP contribution in [0.5, 0.6) is 0 Å². The molecule has 1 saturated heterocycles. The van der Waals surface area contributed by atoms with Gasteiger partial charge in [-0.25, -0.2) is 9.99 Å². The van der Waals surface area contributed by atoms with Crippen molar-refractivity contribution in [2.45, 2.75) is 0 Å². The fraction of sp³-hybridized carbons (Fsp3) is 0.500. The van der Waals surface area contributed by atoms with Gasteiger partial charge in [0, 0.05) is 37.8 Å². The molecule has 1 aromatic rings. The van der Waals surface area contributed by atoms with E-state index in [1.807, 2.05) is 5.01 Å². The molecule has 1 fully saturated rings. The molecule has 8 heteroatoms. The van der Waals surface area contributed by atoms with Gasteiger partial charge in [-0.1, -0.05) is 12.2 Å². The van der Waals surface area contributed by atoms with Crippen LogP contribution < -0.4 is 10.7 Å². The van der Waals surface area contributed by atoms with Gasteiger partial charge in [0.15, 0.2) is 10.1 Å². The van der Waals surface area contributed by atoms with Crippen molar-refractivity contribution in [3.8, 4) is 0 Å². The van der Waals surface area contributed by atoms with Gasteiger partial charge in [0.05, 0.1) is 0 Å². The minimum Gasteiger partial charge on any atom is -0.305 e. The van der Waals surface area contributed by atoms with Gasteiger partial charge in [0.1, 0.15) is 0 Å². The van der Waals surface area contributed by atoms with Gasteiger partial charge in [-0.15, -0.1) is 11.3 Å². The number of amides is 1. The predicted octanol–water partition coefficient (Wildman–Crippen LogP) is 0.161. The molecule has 0 aliphatic carbocycles. The number of carbonyl (C=O) groups excluding carboxylic acids is 1. The third kappa shape index (κ3) is 3.70. The number of rotatable bonds is 2. The molecule has 1 aliphatic rings. The zero-order chi connectivity index (χ0) is 13.0. The largest absolute Gasteiger partial charge is 0.305 e. The molecule has 1 amide bonds. The highest BCUT2D eigenvalue weighted by Crippen LogP contribution is 2.09. The number of hydrazine groups is 1. The second kappa shape index (κ2) is 6.19. The zero-order valence-electron chi connectivity index (χ0n) is 10.0. The van der Waals surface area contributed by atoms with Crippen molar-refractivity contribution in [1.29, 1.82) is 0 Å². The molecule has 6 nitrogen and oxygen atoms in total. The van der Waals surface area contributed by atoms with Crippen molar-refractivity contribution in [3.63, 3.8) is 0 Å². The summed E-state index contributed by atoms with van der Waals surface area (Å²) in [6.07, 6.45) is 1.64. The molecular weight excluding hydrogens is 270 g/mol. The summed E-state index contributed by atoms with van der Waals surface area (Å²) in [5, 5.41) is 6.97. The van der Waals surface area contributed by atoms with E-state index in [9.17, 15) is 4.79 Å². The number of piperazine rings is 1. The van der Waals surface area contributed by atoms with Gasteiger partial charge >= 0.3 is 0 Å². The lowest BCUT2D eigenvalue weighted by molar-refractivity contribution is -0.110. The van der Waals surface area contributed by atoms with Crippen molar-refractivity contribution in [3.05, 3.63) is 11.6 Å². The second-order valence-corrected chi connectivity index (χ2v) is 5.33. The number of carbonyl (C=O) groups is 1. The highest BCUT2D eigenvalue weighted by molar-refractivity contribution is 7.82. The quantitative estimate of drug-likeness (QED) is 0.755. The van der Waals surface area contributed by atoms with Gasteiger partial charge < -0.3 is 10.3 Å². The Morgan fingerprint density at radius 1 is 1.44 bits per heavy atom. The molecule has 0 unspecified atom stereocenters. The number of hydrogen-bond donors (Lipinski definition) is 2. The molecule has 0 aromatic carbocycles. The Balaban J connectivity index is 1.79. The van der Waals surface area contributed by atoms with E-state index < -0.39 is 0 Å². The first-order valence-corrected chi connectivity index (χ1v) is 6.89. The van der Waals surface area contributed by atoms with Crippen LogP contribution in [-0.4, -0.2) is 59.0 Å². The van der Waals surface area contributed by atoms with E-state index in [-0.39, 0.29) is 10.9 Å². The molecule has 2 heterocycles. The SMILES string of the molecule is CN1CCN(NC(=S)C(=O)Nc2nccs2)CC1. The summed E-state index contributed by atoms with van der Waals surface area (Å²) in [5.41, 5.74) is 2.95. The summed E-state index contributed by atoms with van der Waals surface area (Å²) in [4.78, 5) is 18.1. The van der Waals surface area contributed by atoms with E-state index in [0.717, 1.165) is 26.2 Å². The Labute approximate surface area is 115 Å². The van der Waals surface area contributed by atoms with Crippen molar-refractivity contribution in [2.24, 2.45) is 0 Å². The molecule has 0 saturated carbocycles. The van der Waals surface area contributed by atoms with Crippen LogP contribution in [-0.2, 0) is 4.79 Å². The van der Waals surface area contributed by atoms with Crippen LogP contribution in [0.4, 0.5) is 5.13 Å². The van der Waals surface area contributed by atoms with Gasteiger partial charge in [-0.05, 0) is 7.05 Å². The average Bonchev–Trinajstić information content (AvgIpc) is 2.85. The normalized spacial score (nSPS) is 17.4. The van der Waals surface area contributed by atoms with Gasteiger partial charge in [0.25, 0.3) is 5.91 Å². The zero-order valence-corrected chi connectivity index (χ0v) is 11.7. The fourth-order valence-corrected chi connectivity index (χ4v) is 2.26. The smallest absolute Gasteiger partial charge is 0.286 e. The first-order chi connectivity index (χ1) is 8.65. The van der Waals surface area contributed by atoms with Crippen LogP contribution in [0.15, 0.2) is 11.6 Å². The topological polar surface area (TPSA) is 60.5 Å². The Kier molecular flexibility index (Phi) is 4.59. The molecule has 0 spiro atoms. The monoisotopic (exact) mass is 285 g/mol. The lowest BCUT2D eigenvalue weighted by Crippen LogP contribution is -2.54. The third-order valence-electron chi connectivity index (χ3n) is 2.62. The predicted molar refractivity (Wildman–Crippen MR) is 75.5 cm³/mol. The average molecular weight is 285 g/mol. The molecule has 2 rings (SSSR count). The number of aromatic nitrogens is 1. The summed E-state index contributed by atoms with van der Waals surface area (Å²) < 4.78 is 0. The van der Waals surface area contributed by atoms with E-state index in [1.165, 1.54) is 11.3 Å². The number of thiazole rings is 1. The maximum atomic E-state index is 11.8.